The number of aliphatic hydroxyl groups is 1. The molecule has 2 heterocycles. The molecule has 18 atom stereocenters. The number of carbonyl (C=O) groups excluding carboxylic acids is 3. The van der Waals surface area contributed by atoms with Crippen molar-refractivity contribution in [3.63, 3.8) is 0 Å². The van der Waals surface area contributed by atoms with Crippen LogP contribution in [0.4, 0.5) is 8.78 Å². The average molecular weight is 995 g/mol. The van der Waals surface area contributed by atoms with E-state index in [1.807, 2.05) is 26.0 Å². The third kappa shape index (κ3) is 5.70. The molecule has 8 nitrogen and oxygen atoms in total. The van der Waals surface area contributed by atoms with E-state index in [1.165, 1.54) is 7.40 Å². The zero-order valence-electron chi connectivity index (χ0n) is 46.1. The van der Waals surface area contributed by atoms with Gasteiger partial charge >= 0.3 is 11.9 Å². The standard InChI is InChI=1S/C30H40FNO3.C30H38FNO3.2CH4/c2*1-17-18-8-9-27(5)20(26(18,4)15-19(32-7)23(17)33)14-22(31)30-21-16-25(2,3)10-12-29(21,24(34)35-30)13-11-28(27,30)6;;/h14,17-18,21-22,33H,8-13,15-16H2,1-6H3;14-15,17-18,21-22H,8-13,16H2,1-6H3;2*1H4/t2*17-,18-,21+,22?,26-,27+,28-,29-,30+;;/m00../s1/i;;1T;. The van der Waals surface area contributed by atoms with Crippen LogP contribution < -0.4 is 0 Å². The summed E-state index contributed by atoms with van der Waals surface area (Å²) in [5, 5.41) is 10.7. The Kier molecular flexibility index (Phi) is 11.1. The molecule has 72 heavy (non-hydrogen) atoms. The minimum absolute atomic E-state index is 0. The lowest BCUT2D eigenvalue weighted by Gasteiger charge is -2.70. The monoisotopic (exact) mass is 995 g/mol. The Labute approximate surface area is 432 Å². The lowest BCUT2D eigenvalue weighted by atomic mass is 9.34. The number of esters is 2. The molecular weight excluding hydrogens is 907 g/mol. The number of allylic oxidation sites excluding steroid dienone is 6. The summed E-state index contributed by atoms with van der Waals surface area (Å²) in [7, 11) is 1.25. The smallest absolute Gasteiger partial charge is 0.313 e. The highest BCUT2D eigenvalue weighted by Crippen LogP contribution is 2.81. The summed E-state index contributed by atoms with van der Waals surface area (Å²) in [6, 6.07) is 0. The third-order valence-corrected chi connectivity index (χ3v) is 25.2. The molecule has 0 radical (unpaired) electrons. The summed E-state index contributed by atoms with van der Waals surface area (Å²) in [5.41, 5.74) is -3.25. The van der Waals surface area contributed by atoms with E-state index in [0.29, 0.717) is 12.1 Å². The Bertz CT molecular complexity index is 2660. The first-order valence-electron chi connectivity index (χ1n) is 28.1. The van der Waals surface area contributed by atoms with Crippen LogP contribution in [0.3, 0.4) is 0 Å². The van der Waals surface area contributed by atoms with Gasteiger partial charge in [0, 0.05) is 41.3 Å². The van der Waals surface area contributed by atoms with Gasteiger partial charge in [0.25, 0.3) is 0 Å². The quantitative estimate of drug-likeness (QED) is 0.147. The molecule has 4 bridgehead atoms. The normalized spacial score (nSPS) is 52.4. The number of aliphatic hydroxyl groups excluding tert-OH is 1. The molecular formula is C62H86F2N2O6. The molecule has 1 N–H and O–H groups in total. The second kappa shape index (κ2) is 15.4. The van der Waals surface area contributed by atoms with Crippen LogP contribution in [0.1, 0.15) is 196 Å². The Morgan fingerprint density at radius 1 is 0.639 bits per heavy atom. The highest BCUT2D eigenvalue weighted by Gasteiger charge is 2.84. The summed E-state index contributed by atoms with van der Waals surface area (Å²) in [4.78, 5) is 47.3. The summed E-state index contributed by atoms with van der Waals surface area (Å²) >= 11 is 0. The van der Waals surface area contributed by atoms with Crippen LogP contribution in [-0.4, -0.2) is 46.4 Å². The second-order valence-electron chi connectivity index (χ2n) is 28.5. The first-order valence-corrected chi connectivity index (χ1v) is 27.1. The first kappa shape index (κ1) is 51.7. The molecule has 6 saturated carbocycles. The van der Waals surface area contributed by atoms with E-state index in [-0.39, 0.29) is 93.8 Å². The summed E-state index contributed by atoms with van der Waals surface area (Å²) < 4.78 is 52.5. The van der Waals surface area contributed by atoms with Crippen LogP contribution in [0, 0.1) is 103 Å². The molecule has 0 aromatic heterocycles. The Morgan fingerprint density at radius 2 is 1.08 bits per heavy atom. The molecule has 2 aliphatic heterocycles. The van der Waals surface area contributed by atoms with Crippen molar-refractivity contribution in [1.29, 1.82) is 0 Å². The molecule has 394 valence electrons. The van der Waals surface area contributed by atoms with E-state index in [2.05, 4.69) is 78.9 Å². The van der Waals surface area contributed by atoms with E-state index >= 15 is 8.78 Å². The number of carbonyl (C=O) groups is 3. The number of alkyl halides is 2. The number of hydrogen-bond acceptors (Lipinski definition) is 6. The molecule has 12 rings (SSSR count). The molecule has 8 fully saturated rings. The van der Waals surface area contributed by atoms with Crippen molar-refractivity contribution in [2.24, 2.45) is 89.7 Å². The average Bonchev–Trinajstić information content (AvgIpc) is 3.64. The van der Waals surface area contributed by atoms with Gasteiger partial charge in [-0.2, -0.15) is 0 Å². The first-order chi connectivity index (χ1) is 33.4. The summed E-state index contributed by atoms with van der Waals surface area (Å²) in [6.45, 7) is 41.5. The molecule has 2 saturated heterocycles. The molecule has 10 heteroatoms. The van der Waals surface area contributed by atoms with E-state index < -0.39 is 56.0 Å². The van der Waals surface area contributed by atoms with E-state index in [0.717, 1.165) is 101 Å². The van der Waals surface area contributed by atoms with Gasteiger partial charge in [0.05, 0.1) is 29.7 Å². The van der Waals surface area contributed by atoms with Gasteiger partial charge in [0.15, 0.2) is 29.3 Å². The van der Waals surface area contributed by atoms with Crippen molar-refractivity contribution in [2.45, 2.75) is 218 Å². The van der Waals surface area contributed by atoms with Crippen molar-refractivity contribution in [2.75, 3.05) is 0 Å². The minimum Gasteiger partial charge on any atom is -0.523 e. The van der Waals surface area contributed by atoms with Crippen LogP contribution in [0.15, 0.2) is 46.5 Å². The van der Waals surface area contributed by atoms with Gasteiger partial charge in [0.1, 0.15) is 0 Å². The summed E-state index contributed by atoms with van der Waals surface area (Å²) in [6.07, 6.45) is 14.9. The fraction of sp³-hybridized carbons (Fsp3) is 0.790. The topological polar surface area (TPSA) is 98.6 Å². The van der Waals surface area contributed by atoms with Gasteiger partial charge < -0.3 is 19.4 Å². The van der Waals surface area contributed by atoms with Crippen molar-refractivity contribution < 1.29 is 39.1 Å². The van der Waals surface area contributed by atoms with E-state index in [1.54, 1.807) is 6.08 Å². The van der Waals surface area contributed by atoms with Gasteiger partial charge in [0.2, 0.25) is 11.4 Å². The number of ketones is 1. The minimum atomic E-state index is -1.39. The second-order valence-corrected chi connectivity index (χ2v) is 28.5. The number of nitrogens with zero attached hydrogens (tertiary/aromatic N) is 2. The summed E-state index contributed by atoms with van der Waals surface area (Å²) in [5.74, 6) is -0.578. The molecule has 0 amide bonds. The van der Waals surface area contributed by atoms with Crippen LogP contribution in [0.25, 0.3) is 9.69 Å². The number of Topliss-reactive ketones (excluding diaryl/α,β-unsaturated/α-hetero) is 1. The molecule has 2 unspecified atom stereocenters. The highest BCUT2D eigenvalue weighted by atomic mass is 19.1. The van der Waals surface area contributed by atoms with Gasteiger partial charge in [-0.25, -0.2) is 18.5 Å². The number of ether oxygens (including phenoxy) is 2. The lowest BCUT2D eigenvalue weighted by molar-refractivity contribution is -0.231. The van der Waals surface area contributed by atoms with Crippen molar-refractivity contribution in [3.8, 4) is 0 Å². The number of hydrogen-bond donors (Lipinski definition) is 1. The maximum absolute atomic E-state index is 17.0. The van der Waals surface area contributed by atoms with Gasteiger partial charge in [-0.05, 0) is 147 Å². The van der Waals surface area contributed by atoms with Crippen molar-refractivity contribution >= 4 is 17.7 Å². The van der Waals surface area contributed by atoms with Crippen molar-refractivity contribution in [1.82, 2.24) is 0 Å². The largest absolute Gasteiger partial charge is 0.523 e. The zero-order chi connectivity index (χ0) is 52.8. The third-order valence-electron chi connectivity index (χ3n) is 25.2. The van der Waals surface area contributed by atoms with Crippen LogP contribution >= 0.6 is 0 Å². The fourth-order valence-corrected chi connectivity index (χ4v) is 20.7. The van der Waals surface area contributed by atoms with Crippen LogP contribution in [0.2, 0.25) is 0 Å². The van der Waals surface area contributed by atoms with Crippen molar-refractivity contribution in [3.05, 3.63) is 69.4 Å². The maximum Gasteiger partial charge on any atom is 0.313 e. The fourth-order valence-electron chi connectivity index (χ4n) is 20.7. The van der Waals surface area contributed by atoms with Gasteiger partial charge in [-0.3, -0.25) is 9.59 Å². The van der Waals surface area contributed by atoms with E-state index in [9.17, 15) is 19.5 Å². The Morgan fingerprint density at radius 3 is 1.56 bits per heavy atom. The molecule has 0 aromatic carbocycles. The van der Waals surface area contributed by atoms with E-state index in [4.69, 9.17) is 24.0 Å². The number of halogens is 2. The van der Waals surface area contributed by atoms with Gasteiger partial charge in [-0.1, -0.05) is 115 Å². The molecule has 12 aliphatic rings. The zero-order valence-corrected chi connectivity index (χ0v) is 45.1. The number of fused-ring (bicyclic) bond motifs is 8. The molecule has 0 aromatic rings. The number of rotatable bonds is 0. The Balaban J connectivity index is 0.000000172. The SMILES string of the molecule is C.[3H]C.[C-]#[N+]C1=C(O)[C@@H](C)[C@@H]2CC[C@]3(C)C(=CC(F)[C@]45OC(=O)[C@@]6(CCC(C)(C)C[C@H]64)CC[C@@]35C)[C@@]2(C)C1.[C-]#[N+]C1=C[C@]2(C)C3=CC(F)[C@]45OC(=O)[C@@]6(CCC(C)(C)C[C@H]64)CC[C@@]5(C)[C@]3(C)CC[C@H]2[C@H](C)C1=O. The predicted octanol–water partition coefficient (Wildman–Crippen LogP) is 15.2. The molecule has 2 spiro atoms. The van der Waals surface area contributed by atoms with Crippen LogP contribution in [0.5, 0.6) is 0 Å². The lowest BCUT2D eigenvalue weighted by Crippen LogP contribution is -2.71. The Hall–Kier alpha value is -3.79. The maximum atomic E-state index is 17.0. The predicted molar refractivity (Wildman–Crippen MR) is 276 cm³/mol. The highest BCUT2D eigenvalue weighted by molar-refractivity contribution is 6.00. The molecule has 10 aliphatic carbocycles. The van der Waals surface area contributed by atoms with Gasteiger partial charge in [-0.15, -0.1) is 0 Å². The van der Waals surface area contributed by atoms with Crippen LogP contribution in [-0.2, 0) is 23.9 Å².